The molecule has 2 N–H and O–H groups in total. The molecule has 0 radical (unpaired) electrons. The molecule has 5 heteroatoms. The third-order valence-corrected chi connectivity index (χ3v) is 3.42. The molecule has 17 heavy (non-hydrogen) atoms. The Hall–Kier alpha value is -0.710. The molecule has 1 aromatic rings. The Bertz CT molecular complexity index is 373. The predicted molar refractivity (Wildman–Crippen MR) is 72.7 cm³/mol. The van der Waals surface area contributed by atoms with Crippen molar-refractivity contribution in [3.8, 4) is 0 Å². The van der Waals surface area contributed by atoms with Gasteiger partial charge in [0.25, 0.3) is 0 Å². The molecule has 0 unspecified atom stereocenters. The quantitative estimate of drug-likeness (QED) is 0.802. The van der Waals surface area contributed by atoms with Crippen LogP contribution in [0.3, 0.4) is 0 Å². The van der Waals surface area contributed by atoms with Crippen molar-refractivity contribution in [2.24, 2.45) is 0 Å². The molecular weight excluding hydrogens is 258 g/mol. The Labute approximate surface area is 111 Å². The van der Waals surface area contributed by atoms with Gasteiger partial charge in [-0.15, -0.1) is 0 Å². The van der Waals surface area contributed by atoms with Crippen molar-refractivity contribution in [3.05, 3.63) is 34.9 Å². The minimum absolute atomic E-state index is 0.477. The Morgan fingerprint density at radius 3 is 2.82 bits per heavy atom. The summed E-state index contributed by atoms with van der Waals surface area (Å²) in [7, 11) is 0. The molecule has 0 aliphatic carbocycles. The van der Waals surface area contributed by atoms with E-state index in [1.165, 1.54) is 0 Å². The number of hydrogen-bond acceptors (Lipinski definition) is 3. The molecule has 0 bridgehead atoms. The Morgan fingerprint density at radius 2 is 2.24 bits per heavy atom. The molecule has 0 aliphatic rings. The maximum atomic E-state index is 11.0. The molecule has 1 atom stereocenters. The monoisotopic (exact) mass is 273 g/mol. The minimum atomic E-state index is -0.814. The van der Waals surface area contributed by atoms with Crippen molar-refractivity contribution >= 4 is 29.3 Å². The van der Waals surface area contributed by atoms with Crippen LogP contribution in [0.4, 0.5) is 0 Å². The second-order valence-electron chi connectivity index (χ2n) is 3.64. The number of carboxylic acid groups (broad SMARTS) is 1. The third-order valence-electron chi connectivity index (χ3n) is 2.41. The van der Waals surface area contributed by atoms with Gasteiger partial charge in [-0.05, 0) is 30.1 Å². The van der Waals surface area contributed by atoms with Gasteiger partial charge in [0.05, 0.1) is 0 Å². The van der Waals surface area contributed by atoms with Gasteiger partial charge in [-0.1, -0.05) is 29.8 Å². The molecule has 0 fully saturated rings. The van der Waals surface area contributed by atoms with Crippen LogP contribution >= 0.6 is 23.4 Å². The Balaban J connectivity index is 2.52. The zero-order chi connectivity index (χ0) is 12.7. The number of benzene rings is 1. The summed E-state index contributed by atoms with van der Waals surface area (Å²) in [6.07, 6.45) is 2.58. The second kappa shape index (κ2) is 7.58. The zero-order valence-electron chi connectivity index (χ0n) is 9.65. The maximum absolute atomic E-state index is 11.0. The lowest BCUT2D eigenvalue weighted by atomic mass is 10.2. The third kappa shape index (κ3) is 4.98. The highest BCUT2D eigenvalue weighted by molar-refractivity contribution is 7.98. The fourth-order valence-electron chi connectivity index (χ4n) is 1.42. The molecule has 0 saturated heterocycles. The second-order valence-corrected chi connectivity index (χ2v) is 5.04. The average molecular weight is 274 g/mol. The largest absolute Gasteiger partial charge is 0.480 e. The summed E-state index contributed by atoms with van der Waals surface area (Å²) in [5.74, 6) is 0.0121. The molecule has 0 heterocycles. The van der Waals surface area contributed by atoms with Crippen LogP contribution in [0.15, 0.2) is 24.3 Å². The van der Waals surface area contributed by atoms with E-state index in [2.05, 4.69) is 5.32 Å². The number of carbonyl (C=O) groups is 1. The molecule has 0 amide bonds. The smallest absolute Gasteiger partial charge is 0.320 e. The lowest BCUT2D eigenvalue weighted by Gasteiger charge is -2.14. The van der Waals surface area contributed by atoms with Gasteiger partial charge < -0.3 is 10.4 Å². The summed E-state index contributed by atoms with van der Waals surface area (Å²) in [6, 6.07) is 6.92. The van der Waals surface area contributed by atoms with Gasteiger partial charge in [0, 0.05) is 11.6 Å². The summed E-state index contributed by atoms with van der Waals surface area (Å²) >= 11 is 7.64. The molecule has 3 nitrogen and oxygen atoms in total. The molecule has 0 aliphatic heterocycles. The van der Waals surface area contributed by atoms with Gasteiger partial charge in [-0.25, -0.2) is 0 Å². The van der Waals surface area contributed by atoms with Crippen LogP contribution in [0, 0.1) is 0 Å². The summed E-state index contributed by atoms with van der Waals surface area (Å²) < 4.78 is 0. The zero-order valence-corrected chi connectivity index (χ0v) is 11.2. The highest BCUT2D eigenvalue weighted by atomic mass is 35.5. The van der Waals surface area contributed by atoms with E-state index < -0.39 is 12.0 Å². The molecule has 1 rings (SSSR count). The van der Waals surface area contributed by atoms with Crippen molar-refractivity contribution < 1.29 is 9.90 Å². The van der Waals surface area contributed by atoms with E-state index in [1.807, 2.05) is 24.5 Å². The van der Waals surface area contributed by atoms with Crippen LogP contribution < -0.4 is 5.32 Å². The van der Waals surface area contributed by atoms with Crippen LogP contribution in [0.1, 0.15) is 12.0 Å². The molecule has 0 aromatic heterocycles. The lowest BCUT2D eigenvalue weighted by molar-refractivity contribution is -0.139. The van der Waals surface area contributed by atoms with E-state index in [4.69, 9.17) is 16.7 Å². The molecule has 0 saturated carbocycles. The molecule has 94 valence electrons. The lowest BCUT2D eigenvalue weighted by Crippen LogP contribution is -2.36. The van der Waals surface area contributed by atoms with Gasteiger partial charge in [-0.3, -0.25) is 4.79 Å². The molecular formula is C12H16ClNO2S. The minimum Gasteiger partial charge on any atom is -0.480 e. The first-order chi connectivity index (χ1) is 8.15. The van der Waals surface area contributed by atoms with Crippen LogP contribution in [0.5, 0.6) is 0 Å². The van der Waals surface area contributed by atoms with E-state index >= 15 is 0 Å². The van der Waals surface area contributed by atoms with Crippen molar-refractivity contribution in [2.75, 3.05) is 12.0 Å². The number of thioether (sulfide) groups is 1. The number of hydrogen-bond donors (Lipinski definition) is 2. The number of carboxylic acids is 1. The van der Waals surface area contributed by atoms with Gasteiger partial charge in [-0.2, -0.15) is 11.8 Å². The van der Waals surface area contributed by atoms with Crippen LogP contribution in [-0.2, 0) is 11.3 Å². The first kappa shape index (κ1) is 14.4. The number of nitrogens with one attached hydrogen (secondary N) is 1. The average Bonchev–Trinajstić information content (AvgIpc) is 2.31. The summed E-state index contributed by atoms with van der Waals surface area (Å²) in [5.41, 5.74) is 0.921. The van der Waals surface area contributed by atoms with Crippen LogP contribution in [0.2, 0.25) is 5.02 Å². The van der Waals surface area contributed by atoms with Crippen molar-refractivity contribution in [3.63, 3.8) is 0 Å². The number of halogens is 1. The van der Waals surface area contributed by atoms with Gasteiger partial charge in [0.15, 0.2) is 0 Å². The van der Waals surface area contributed by atoms with E-state index in [0.717, 1.165) is 11.3 Å². The fourth-order valence-corrected chi connectivity index (χ4v) is 2.10. The Kier molecular flexibility index (Phi) is 6.40. The number of aliphatic carboxylic acids is 1. The SMILES string of the molecule is CSCC[C@H](NCc1ccccc1Cl)C(=O)O. The van der Waals surface area contributed by atoms with E-state index in [1.54, 1.807) is 17.8 Å². The summed E-state index contributed by atoms with van der Waals surface area (Å²) in [5, 5.41) is 12.7. The van der Waals surface area contributed by atoms with Crippen LogP contribution in [-0.4, -0.2) is 29.1 Å². The molecule has 0 spiro atoms. The van der Waals surface area contributed by atoms with Crippen molar-refractivity contribution in [2.45, 2.75) is 19.0 Å². The van der Waals surface area contributed by atoms with E-state index in [-0.39, 0.29) is 0 Å². The predicted octanol–water partition coefficient (Wildman–Crippen LogP) is 2.64. The van der Waals surface area contributed by atoms with E-state index in [0.29, 0.717) is 18.0 Å². The summed E-state index contributed by atoms with van der Waals surface area (Å²) in [6.45, 7) is 0.477. The first-order valence-electron chi connectivity index (χ1n) is 5.33. The topological polar surface area (TPSA) is 49.3 Å². The highest BCUT2D eigenvalue weighted by Crippen LogP contribution is 2.14. The van der Waals surface area contributed by atoms with Crippen molar-refractivity contribution in [1.82, 2.24) is 5.32 Å². The summed E-state index contributed by atoms with van der Waals surface area (Å²) in [4.78, 5) is 11.0. The standard InChI is InChI=1S/C12H16ClNO2S/c1-17-7-6-11(12(15)16)14-8-9-4-2-3-5-10(9)13/h2-5,11,14H,6-8H2,1H3,(H,15,16)/t11-/m0/s1. The fraction of sp³-hybridized carbons (Fsp3) is 0.417. The number of rotatable bonds is 7. The van der Waals surface area contributed by atoms with Gasteiger partial charge in [0.1, 0.15) is 6.04 Å². The van der Waals surface area contributed by atoms with Gasteiger partial charge >= 0.3 is 5.97 Å². The van der Waals surface area contributed by atoms with Crippen molar-refractivity contribution in [1.29, 1.82) is 0 Å². The van der Waals surface area contributed by atoms with E-state index in [9.17, 15) is 4.79 Å². The molecule has 1 aromatic carbocycles. The van der Waals surface area contributed by atoms with Crippen LogP contribution in [0.25, 0.3) is 0 Å². The highest BCUT2D eigenvalue weighted by Gasteiger charge is 2.16. The maximum Gasteiger partial charge on any atom is 0.320 e. The normalized spacial score (nSPS) is 12.4. The van der Waals surface area contributed by atoms with Gasteiger partial charge in [0.2, 0.25) is 0 Å². The first-order valence-corrected chi connectivity index (χ1v) is 7.11. The Morgan fingerprint density at radius 1 is 1.53 bits per heavy atom.